The van der Waals surface area contributed by atoms with E-state index < -0.39 is 0 Å². The first-order chi connectivity index (χ1) is 8.16. The number of hydrogen-bond donors (Lipinski definition) is 2. The van der Waals surface area contributed by atoms with Gasteiger partial charge in [-0.1, -0.05) is 29.8 Å². The predicted molar refractivity (Wildman–Crippen MR) is 69.9 cm³/mol. The molecule has 0 aliphatic heterocycles. The standard InChI is InChI=1S/C12H13ClN4/c1-8(10-4-2-3-5-11(10)13)17-12-15-6-9(14)7-16-12/h2-8H,14H2,1H3,(H,15,16,17). The molecule has 0 saturated carbocycles. The quantitative estimate of drug-likeness (QED) is 0.877. The Kier molecular flexibility index (Phi) is 3.44. The van der Waals surface area contributed by atoms with Crippen molar-refractivity contribution in [2.24, 2.45) is 0 Å². The normalized spacial score (nSPS) is 12.1. The minimum atomic E-state index is 0.0346. The molecule has 0 amide bonds. The second-order valence-electron chi connectivity index (χ2n) is 3.73. The molecule has 0 saturated heterocycles. The summed E-state index contributed by atoms with van der Waals surface area (Å²) in [7, 11) is 0. The molecule has 17 heavy (non-hydrogen) atoms. The molecule has 1 unspecified atom stereocenters. The number of nitrogens with zero attached hydrogens (tertiary/aromatic N) is 2. The summed E-state index contributed by atoms with van der Waals surface area (Å²) in [6.07, 6.45) is 3.13. The Labute approximate surface area is 105 Å². The second-order valence-corrected chi connectivity index (χ2v) is 4.13. The first kappa shape index (κ1) is 11.7. The minimum Gasteiger partial charge on any atom is -0.396 e. The molecule has 88 valence electrons. The van der Waals surface area contributed by atoms with Crippen LogP contribution in [0.25, 0.3) is 0 Å². The molecular formula is C12H13ClN4. The van der Waals surface area contributed by atoms with Crippen LogP contribution in [0.4, 0.5) is 11.6 Å². The summed E-state index contributed by atoms with van der Waals surface area (Å²) in [5.41, 5.74) is 7.07. The molecule has 0 radical (unpaired) electrons. The Morgan fingerprint density at radius 1 is 1.24 bits per heavy atom. The fraction of sp³-hybridized carbons (Fsp3) is 0.167. The summed E-state index contributed by atoms with van der Waals surface area (Å²) < 4.78 is 0. The van der Waals surface area contributed by atoms with E-state index in [1.54, 1.807) is 12.4 Å². The number of aromatic nitrogens is 2. The molecule has 1 atom stereocenters. The average molecular weight is 249 g/mol. The summed E-state index contributed by atoms with van der Waals surface area (Å²) in [5, 5.41) is 3.89. The lowest BCUT2D eigenvalue weighted by Gasteiger charge is -2.15. The van der Waals surface area contributed by atoms with Gasteiger partial charge in [0.2, 0.25) is 5.95 Å². The number of nitrogens with one attached hydrogen (secondary N) is 1. The lowest BCUT2D eigenvalue weighted by atomic mass is 10.1. The van der Waals surface area contributed by atoms with Gasteiger partial charge in [0.05, 0.1) is 24.1 Å². The Morgan fingerprint density at radius 2 is 1.88 bits per heavy atom. The Balaban J connectivity index is 2.14. The number of hydrogen-bond acceptors (Lipinski definition) is 4. The van der Waals surface area contributed by atoms with Crippen LogP contribution in [0.1, 0.15) is 18.5 Å². The molecular weight excluding hydrogens is 236 g/mol. The maximum absolute atomic E-state index is 6.11. The number of rotatable bonds is 3. The highest BCUT2D eigenvalue weighted by molar-refractivity contribution is 6.31. The third-order valence-electron chi connectivity index (χ3n) is 2.39. The first-order valence-corrected chi connectivity index (χ1v) is 5.63. The van der Waals surface area contributed by atoms with Crippen molar-refractivity contribution in [2.45, 2.75) is 13.0 Å². The van der Waals surface area contributed by atoms with Gasteiger partial charge in [-0.2, -0.15) is 0 Å². The van der Waals surface area contributed by atoms with E-state index in [0.29, 0.717) is 11.6 Å². The van der Waals surface area contributed by atoms with Crippen LogP contribution in [0.5, 0.6) is 0 Å². The molecule has 4 nitrogen and oxygen atoms in total. The molecule has 1 heterocycles. The summed E-state index contributed by atoms with van der Waals surface area (Å²) in [4.78, 5) is 8.17. The van der Waals surface area contributed by atoms with E-state index >= 15 is 0 Å². The van der Waals surface area contributed by atoms with Crippen molar-refractivity contribution in [1.29, 1.82) is 0 Å². The smallest absolute Gasteiger partial charge is 0.223 e. The van der Waals surface area contributed by atoms with Crippen molar-refractivity contribution in [3.63, 3.8) is 0 Å². The highest BCUT2D eigenvalue weighted by Crippen LogP contribution is 2.24. The molecule has 2 aromatic rings. The van der Waals surface area contributed by atoms with Gasteiger partial charge >= 0.3 is 0 Å². The van der Waals surface area contributed by atoms with Crippen molar-refractivity contribution in [3.05, 3.63) is 47.2 Å². The lowest BCUT2D eigenvalue weighted by molar-refractivity contribution is 0.861. The largest absolute Gasteiger partial charge is 0.396 e. The van der Waals surface area contributed by atoms with Gasteiger partial charge in [-0.25, -0.2) is 9.97 Å². The fourth-order valence-corrected chi connectivity index (χ4v) is 1.81. The minimum absolute atomic E-state index is 0.0346. The van der Waals surface area contributed by atoms with Crippen molar-refractivity contribution in [3.8, 4) is 0 Å². The monoisotopic (exact) mass is 248 g/mol. The first-order valence-electron chi connectivity index (χ1n) is 5.25. The Bertz CT molecular complexity index is 498. The van der Waals surface area contributed by atoms with Crippen LogP contribution in [0.3, 0.4) is 0 Å². The zero-order chi connectivity index (χ0) is 12.3. The molecule has 3 N–H and O–H groups in total. The molecule has 0 aliphatic carbocycles. The van der Waals surface area contributed by atoms with Gasteiger partial charge in [-0.15, -0.1) is 0 Å². The molecule has 2 rings (SSSR count). The number of benzene rings is 1. The fourth-order valence-electron chi connectivity index (χ4n) is 1.51. The summed E-state index contributed by atoms with van der Waals surface area (Å²) in [6, 6.07) is 7.71. The van der Waals surface area contributed by atoms with E-state index in [1.807, 2.05) is 31.2 Å². The number of nitrogen functional groups attached to an aromatic ring is 1. The van der Waals surface area contributed by atoms with Gasteiger partial charge in [-0.05, 0) is 18.6 Å². The van der Waals surface area contributed by atoms with Crippen LogP contribution in [-0.2, 0) is 0 Å². The Hall–Kier alpha value is -1.81. The highest BCUT2D eigenvalue weighted by atomic mass is 35.5. The molecule has 1 aromatic heterocycles. The number of nitrogens with two attached hydrogens (primary N) is 1. The third-order valence-corrected chi connectivity index (χ3v) is 2.73. The predicted octanol–water partition coefficient (Wildman–Crippen LogP) is 2.89. The zero-order valence-electron chi connectivity index (χ0n) is 9.39. The van der Waals surface area contributed by atoms with Crippen LogP contribution < -0.4 is 11.1 Å². The molecule has 0 bridgehead atoms. The highest BCUT2D eigenvalue weighted by Gasteiger charge is 2.09. The molecule has 1 aromatic carbocycles. The molecule has 5 heteroatoms. The summed E-state index contributed by atoms with van der Waals surface area (Å²) in [6.45, 7) is 2.00. The van der Waals surface area contributed by atoms with Gasteiger partial charge in [0.1, 0.15) is 0 Å². The van der Waals surface area contributed by atoms with Crippen molar-refractivity contribution in [1.82, 2.24) is 9.97 Å². The summed E-state index contributed by atoms with van der Waals surface area (Å²) in [5.74, 6) is 0.534. The van der Waals surface area contributed by atoms with Gasteiger partial charge in [0, 0.05) is 5.02 Å². The van der Waals surface area contributed by atoms with Gasteiger partial charge in [-0.3, -0.25) is 0 Å². The van der Waals surface area contributed by atoms with Crippen molar-refractivity contribution < 1.29 is 0 Å². The zero-order valence-corrected chi connectivity index (χ0v) is 10.1. The van der Waals surface area contributed by atoms with Gasteiger partial charge in [0.15, 0.2) is 0 Å². The summed E-state index contributed by atoms with van der Waals surface area (Å²) >= 11 is 6.11. The SMILES string of the molecule is CC(Nc1ncc(N)cn1)c1ccccc1Cl. The van der Waals surface area contributed by atoms with E-state index in [-0.39, 0.29) is 6.04 Å². The third kappa shape index (κ3) is 2.85. The second kappa shape index (κ2) is 5.01. The van der Waals surface area contributed by atoms with Crippen LogP contribution >= 0.6 is 11.6 Å². The van der Waals surface area contributed by atoms with Crippen LogP contribution in [0, 0.1) is 0 Å². The average Bonchev–Trinajstić information content (AvgIpc) is 2.32. The molecule has 0 spiro atoms. The maximum atomic E-state index is 6.11. The maximum Gasteiger partial charge on any atom is 0.223 e. The van der Waals surface area contributed by atoms with E-state index in [0.717, 1.165) is 10.6 Å². The van der Waals surface area contributed by atoms with Gasteiger partial charge < -0.3 is 11.1 Å². The topological polar surface area (TPSA) is 63.8 Å². The number of halogens is 1. The number of anilines is 2. The van der Waals surface area contributed by atoms with E-state index in [1.165, 1.54) is 0 Å². The Morgan fingerprint density at radius 3 is 2.53 bits per heavy atom. The molecule has 0 aliphatic rings. The van der Waals surface area contributed by atoms with E-state index in [4.69, 9.17) is 17.3 Å². The van der Waals surface area contributed by atoms with Crippen molar-refractivity contribution in [2.75, 3.05) is 11.1 Å². The van der Waals surface area contributed by atoms with Crippen LogP contribution in [0.15, 0.2) is 36.7 Å². The van der Waals surface area contributed by atoms with E-state index in [2.05, 4.69) is 15.3 Å². The molecule has 0 fully saturated rings. The van der Waals surface area contributed by atoms with Crippen LogP contribution in [-0.4, -0.2) is 9.97 Å². The van der Waals surface area contributed by atoms with E-state index in [9.17, 15) is 0 Å². The van der Waals surface area contributed by atoms with Crippen LogP contribution in [0.2, 0.25) is 5.02 Å². The van der Waals surface area contributed by atoms with Gasteiger partial charge in [0.25, 0.3) is 0 Å². The van der Waals surface area contributed by atoms with Crippen molar-refractivity contribution >= 4 is 23.2 Å². The lowest BCUT2D eigenvalue weighted by Crippen LogP contribution is -2.09.